The standard InChI is InChI=1S/C21H22F3N5O3/c1-13-16(14(2)29-20(26-13)27-19(28-29)21(22,23)24)8-9-18(31)32-12-17(30)25-11-10-15-6-4-3-5-7-15/h3-7H,8-12H2,1-2H3,(H,25,30). The Morgan fingerprint density at radius 3 is 2.50 bits per heavy atom. The Hall–Kier alpha value is -3.50. The summed E-state index contributed by atoms with van der Waals surface area (Å²) in [5, 5.41) is 6.15. The molecule has 0 aliphatic carbocycles. The number of ether oxygens (including phenoxy) is 1. The van der Waals surface area contributed by atoms with Crippen molar-refractivity contribution in [1.29, 1.82) is 0 Å². The molecule has 2 heterocycles. The Morgan fingerprint density at radius 1 is 1.09 bits per heavy atom. The normalized spacial score (nSPS) is 11.5. The van der Waals surface area contributed by atoms with E-state index in [1.165, 1.54) is 0 Å². The molecule has 1 aromatic carbocycles. The lowest BCUT2D eigenvalue weighted by Gasteiger charge is -2.10. The first-order valence-electron chi connectivity index (χ1n) is 9.91. The van der Waals surface area contributed by atoms with Crippen molar-refractivity contribution in [2.75, 3.05) is 13.2 Å². The van der Waals surface area contributed by atoms with Crippen molar-refractivity contribution in [1.82, 2.24) is 24.9 Å². The molecule has 0 atom stereocenters. The van der Waals surface area contributed by atoms with Crippen LogP contribution in [0.2, 0.25) is 0 Å². The highest BCUT2D eigenvalue weighted by atomic mass is 19.4. The molecule has 8 nitrogen and oxygen atoms in total. The molecule has 0 bridgehead atoms. The Morgan fingerprint density at radius 2 is 1.81 bits per heavy atom. The van der Waals surface area contributed by atoms with Crippen LogP contribution in [0.4, 0.5) is 13.2 Å². The third-order valence-corrected chi connectivity index (χ3v) is 4.82. The van der Waals surface area contributed by atoms with E-state index in [1.807, 2.05) is 30.3 Å². The van der Waals surface area contributed by atoms with Crippen LogP contribution in [0, 0.1) is 13.8 Å². The van der Waals surface area contributed by atoms with Crippen LogP contribution in [-0.4, -0.2) is 44.6 Å². The van der Waals surface area contributed by atoms with Crippen molar-refractivity contribution in [3.05, 3.63) is 58.7 Å². The van der Waals surface area contributed by atoms with Gasteiger partial charge in [-0.05, 0) is 37.8 Å². The number of nitrogens with one attached hydrogen (secondary N) is 1. The van der Waals surface area contributed by atoms with Gasteiger partial charge in [-0.1, -0.05) is 30.3 Å². The molecule has 11 heteroatoms. The average molecular weight is 449 g/mol. The number of fused-ring (bicyclic) bond motifs is 1. The van der Waals surface area contributed by atoms with Gasteiger partial charge in [0.2, 0.25) is 0 Å². The molecule has 0 unspecified atom stereocenters. The van der Waals surface area contributed by atoms with E-state index in [-0.39, 0.29) is 18.6 Å². The molecule has 0 saturated heterocycles. The molecule has 0 saturated carbocycles. The number of nitrogens with zero attached hydrogens (tertiary/aromatic N) is 4. The van der Waals surface area contributed by atoms with Crippen molar-refractivity contribution in [2.45, 2.75) is 39.3 Å². The lowest BCUT2D eigenvalue weighted by Crippen LogP contribution is -2.30. The first-order chi connectivity index (χ1) is 15.1. The number of carbonyl (C=O) groups is 2. The zero-order valence-corrected chi connectivity index (χ0v) is 17.6. The minimum atomic E-state index is -4.68. The van der Waals surface area contributed by atoms with Crippen molar-refractivity contribution in [2.24, 2.45) is 0 Å². The number of rotatable bonds is 8. The molecule has 0 aliphatic heterocycles. The van der Waals surface area contributed by atoms with Crippen LogP contribution in [0.5, 0.6) is 0 Å². The zero-order valence-electron chi connectivity index (χ0n) is 17.6. The molecule has 0 fully saturated rings. The average Bonchev–Trinajstić information content (AvgIpc) is 3.17. The number of hydrogen-bond acceptors (Lipinski definition) is 6. The number of aryl methyl sites for hydroxylation is 2. The Balaban J connectivity index is 1.50. The van der Waals surface area contributed by atoms with E-state index in [0.717, 1.165) is 10.1 Å². The van der Waals surface area contributed by atoms with Crippen LogP contribution in [0.1, 0.15) is 34.8 Å². The number of hydrogen-bond donors (Lipinski definition) is 1. The maximum absolute atomic E-state index is 12.9. The summed E-state index contributed by atoms with van der Waals surface area (Å²) in [6.45, 7) is 3.22. The first-order valence-corrected chi connectivity index (χ1v) is 9.91. The fraction of sp³-hybridized carbons (Fsp3) is 0.381. The summed E-state index contributed by atoms with van der Waals surface area (Å²) in [5.41, 5.74) is 2.50. The van der Waals surface area contributed by atoms with Gasteiger partial charge < -0.3 is 10.1 Å². The fourth-order valence-electron chi connectivity index (χ4n) is 3.18. The van der Waals surface area contributed by atoms with E-state index in [2.05, 4.69) is 20.4 Å². The van der Waals surface area contributed by atoms with E-state index in [0.29, 0.717) is 29.9 Å². The van der Waals surface area contributed by atoms with E-state index in [4.69, 9.17) is 4.74 Å². The van der Waals surface area contributed by atoms with Crippen LogP contribution in [0.25, 0.3) is 5.78 Å². The van der Waals surface area contributed by atoms with E-state index in [1.54, 1.807) is 13.8 Å². The highest BCUT2D eigenvalue weighted by Crippen LogP contribution is 2.27. The number of aromatic nitrogens is 4. The molecule has 0 aliphatic rings. The minimum Gasteiger partial charge on any atom is -0.456 e. The Labute approximate surface area is 181 Å². The summed E-state index contributed by atoms with van der Waals surface area (Å²) in [6, 6.07) is 9.63. The van der Waals surface area contributed by atoms with E-state index in [9.17, 15) is 22.8 Å². The molecule has 0 spiro atoms. The molecule has 1 amide bonds. The number of alkyl halides is 3. The van der Waals surface area contributed by atoms with Gasteiger partial charge in [-0.15, -0.1) is 5.10 Å². The smallest absolute Gasteiger partial charge is 0.453 e. The third kappa shape index (κ3) is 5.80. The molecule has 2 aromatic heterocycles. The number of amides is 1. The van der Waals surface area contributed by atoms with Gasteiger partial charge in [-0.2, -0.15) is 18.2 Å². The zero-order chi connectivity index (χ0) is 23.3. The summed E-state index contributed by atoms with van der Waals surface area (Å²) in [7, 11) is 0. The van der Waals surface area contributed by atoms with E-state index < -0.39 is 30.5 Å². The number of halogens is 3. The van der Waals surface area contributed by atoms with Crippen LogP contribution in [0.15, 0.2) is 30.3 Å². The second-order valence-electron chi connectivity index (χ2n) is 7.15. The second kappa shape index (κ2) is 9.75. The number of benzene rings is 1. The lowest BCUT2D eigenvalue weighted by molar-refractivity contribution is -0.148. The highest BCUT2D eigenvalue weighted by Gasteiger charge is 2.37. The first kappa shape index (κ1) is 23.2. The molecule has 0 radical (unpaired) electrons. The molecule has 1 N–H and O–H groups in total. The van der Waals surface area contributed by atoms with Crippen LogP contribution < -0.4 is 5.32 Å². The van der Waals surface area contributed by atoms with E-state index >= 15 is 0 Å². The molecule has 3 aromatic rings. The predicted octanol–water partition coefficient (Wildman–Crippen LogP) is 2.59. The largest absolute Gasteiger partial charge is 0.456 e. The van der Waals surface area contributed by atoms with Crippen molar-refractivity contribution >= 4 is 17.7 Å². The van der Waals surface area contributed by atoms with Gasteiger partial charge >= 0.3 is 12.1 Å². The minimum absolute atomic E-state index is 0.0625. The SMILES string of the molecule is Cc1nc2nc(C(F)(F)F)nn2c(C)c1CCC(=O)OCC(=O)NCCc1ccccc1. The van der Waals surface area contributed by atoms with Crippen molar-refractivity contribution in [3.8, 4) is 0 Å². The quantitative estimate of drug-likeness (QED) is 0.531. The second-order valence-corrected chi connectivity index (χ2v) is 7.15. The van der Waals surface area contributed by atoms with Crippen LogP contribution in [0.3, 0.4) is 0 Å². The maximum atomic E-state index is 12.9. The van der Waals surface area contributed by atoms with Crippen LogP contribution >= 0.6 is 0 Å². The number of esters is 1. The molecule has 170 valence electrons. The predicted molar refractivity (Wildman–Crippen MR) is 108 cm³/mol. The van der Waals surface area contributed by atoms with Gasteiger partial charge in [0, 0.05) is 24.4 Å². The summed E-state index contributed by atoms with van der Waals surface area (Å²) >= 11 is 0. The fourth-order valence-corrected chi connectivity index (χ4v) is 3.18. The molecular formula is C21H22F3N5O3. The van der Waals surface area contributed by atoms with Gasteiger partial charge in [-0.3, -0.25) is 9.59 Å². The Bertz CT molecular complexity index is 1110. The molecule has 32 heavy (non-hydrogen) atoms. The summed E-state index contributed by atoms with van der Waals surface area (Å²) in [5.74, 6) is -2.45. The van der Waals surface area contributed by atoms with Crippen molar-refractivity contribution in [3.63, 3.8) is 0 Å². The molecule has 3 rings (SSSR count). The number of carbonyl (C=O) groups excluding carboxylic acids is 2. The van der Waals surface area contributed by atoms with Gasteiger partial charge in [0.1, 0.15) is 0 Å². The van der Waals surface area contributed by atoms with Crippen molar-refractivity contribution < 1.29 is 27.5 Å². The summed E-state index contributed by atoms with van der Waals surface area (Å²) in [6.07, 6.45) is -3.91. The maximum Gasteiger partial charge on any atom is 0.453 e. The highest BCUT2D eigenvalue weighted by molar-refractivity contribution is 5.80. The van der Waals surface area contributed by atoms with Gasteiger partial charge in [0.15, 0.2) is 6.61 Å². The van der Waals surface area contributed by atoms with Gasteiger partial charge in [-0.25, -0.2) is 9.50 Å². The summed E-state index contributed by atoms with van der Waals surface area (Å²) < 4.78 is 44.6. The molecular weight excluding hydrogens is 427 g/mol. The topological polar surface area (TPSA) is 98.5 Å². The van der Waals surface area contributed by atoms with Gasteiger partial charge in [0.05, 0.1) is 0 Å². The van der Waals surface area contributed by atoms with Crippen LogP contribution in [-0.2, 0) is 33.3 Å². The lowest BCUT2D eigenvalue weighted by atomic mass is 10.1. The monoisotopic (exact) mass is 449 g/mol. The third-order valence-electron chi connectivity index (χ3n) is 4.82. The van der Waals surface area contributed by atoms with Gasteiger partial charge in [0.25, 0.3) is 17.5 Å². The Kier molecular flexibility index (Phi) is 7.06. The summed E-state index contributed by atoms with van der Waals surface area (Å²) in [4.78, 5) is 31.3.